The van der Waals surface area contributed by atoms with Gasteiger partial charge in [0.15, 0.2) is 17.2 Å². The molecule has 184 valence electrons. The Balaban J connectivity index is 1.98. The van der Waals surface area contributed by atoms with Crippen LogP contribution in [0.1, 0.15) is 65.2 Å². The number of hydrogen-bond acceptors (Lipinski definition) is 5. The van der Waals surface area contributed by atoms with E-state index in [1.165, 1.54) is 37.8 Å². The van der Waals surface area contributed by atoms with Crippen molar-refractivity contribution in [3.05, 3.63) is 40.4 Å². The monoisotopic (exact) mass is 517 g/mol. The number of benzene rings is 2. The SMILES string of the molecule is CCCCCCCCOc1ccc(OS(=O)Nc2cc(Cl)c(O)c(Cl)c2)c(OCCCC)c1. The second kappa shape index (κ2) is 15.1. The van der Waals surface area contributed by atoms with Gasteiger partial charge in [-0.2, -0.15) is 4.21 Å². The summed E-state index contributed by atoms with van der Waals surface area (Å²) < 4.78 is 32.5. The average Bonchev–Trinajstić information content (AvgIpc) is 2.78. The molecule has 2 aromatic rings. The second-order valence-electron chi connectivity index (χ2n) is 7.64. The van der Waals surface area contributed by atoms with E-state index in [1.54, 1.807) is 18.2 Å². The highest BCUT2D eigenvalue weighted by molar-refractivity contribution is 7.82. The number of ether oxygens (including phenoxy) is 2. The number of phenolic OH excluding ortho intramolecular Hbond substituents is 1. The summed E-state index contributed by atoms with van der Waals surface area (Å²) in [6.45, 7) is 5.43. The van der Waals surface area contributed by atoms with E-state index in [2.05, 4.69) is 18.6 Å². The Morgan fingerprint density at radius 1 is 0.848 bits per heavy atom. The van der Waals surface area contributed by atoms with Gasteiger partial charge in [-0.3, -0.25) is 4.72 Å². The van der Waals surface area contributed by atoms with Gasteiger partial charge in [0.25, 0.3) is 0 Å². The van der Waals surface area contributed by atoms with Gasteiger partial charge in [-0.1, -0.05) is 75.6 Å². The minimum Gasteiger partial charge on any atom is -0.505 e. The summed E-state index contributed by atoms with van der Waals surface area (Å²) in [6.07, 6.45) is 9.04. The second-order valence-corrected chi connectivity index (χ2v) is 9.29. The fourth-order valence-electron chi connectivity index (χ4n) is 2.98. The fourth-order valence-corrected chi connectivity index (χ4v) is 4.12. The molecule has 0 amide bonds. The van der Waals surface area contributed by atoms with Gasteiger partial charge in [0.05, 0.1) is 28.9 Å². The van der Waals surface area contributed by atoms with Gasteiger partial charge in [0, 0.05) is 6.07 Å². The maximum atomic E-state index is 12.5. The molecule has 33 heavy (non-hydrogen) atoms. The van der Waals surface area contributed by atoms with Crippen molar-refractivity contribution in [3.8, 4) is 23.0 Å². The molecule has 9 heteroatoms. The van der Waals surface area contributed by atoms with Crippen molar-refractivity contribution in [2.24, 2.45) is 0 Å². The van der Waals surface area contributed by atoms with Crippen molar-refractivity contribution >= 4 is 40.2 Å². The van der Waals surface area contributed by atoms with Crippen LogP contribution >= 0.6 is 23.2 Å². The van der Waals surface area contributed by atoms with Gasteiger partial charge >= 0.3 is 11.3 Å². The summed E-state index contributed by atoms with van der Waals surface area (Å²) in [5.41, 5.74) is 0.341. The number of rotatable bonds is 16. The number of nitrogens with one attached hydrogen (secondary N) is 1. The summed E-state index contributed by atoms with van der Waals surface area (Å²) in [7, 11) is 0. The van der Waals surface area contributed by atoms with Gasteiger partial charge in [0.1, 0.15) is 5.75 Å². The lowest BCUT2D eigenvalue weighted by Crippen LogP contribution is -2.12. The van der Waals surface area contributed by atoms with Crippen molar-refractivity contribution in [1.82, 2.24) is 0 Å². The molecule has 0 saturated carbocycles. The van der Waals surface area contributed by atoms with Crippen LogP contribution in [0.5, 0.6) is 23.0 Å². The normalized spacial score (nSPS) is 11.8. The summed E-state index contributed by atoms with van der Waals surface area (Å²) in [5, 5.41) is 9.74. The van der Waals surface area contributed by atoms with Gasteiger partial charge < -0.3 is 18.8 Å². The Labute approximate surface area is 209 Å². The number of unbranched alkanes of at least 4 members (excludes halogenated alkanes) is 6. The first-order valence-electron chi connectivity index (χ1n) is 11.4. The molecule has 0 radical (unpaired) electrons. The molecule has 1 atom stereocenters. The Bertz CT molecular complexity index is 874. The quantitative estimate of drug-likeness (QED) is 0.176. The van der Waals surface area contributed by atoms with E-state index < -0.39 is 11.3 Å². The Morgan fingerprint density at radius 3 is 2.18 bits per heavy atom. The molecule has 6 nitrogen and oxygen atoms in total. The lowest BCUT2D eigenvalue weighted by molar-refractivity contribution is 0.287. The highest BCUT2D eigenvalue weighted by Gasteiger charge is 2.14. The number of halogens is 2. The number of anilines is 1. The maximum absolute atomic E-state index is 12.5. The van der Waals surface area contributed by atoms with Crippen LogP contribution in [0.3, 0.4) is 0 Å². The van der Waals surface area contributed by atoms with E-state index in [9.17, 15) is 9.32 Å². The molecule has 0 fully saturated rings. The maximum Gasteiger partial charge on any atom is 0.316 e. The number of aromatic hydroxyl groups is 1. The van der Waals surface area contributed by atoms with Crippen LogP contribution in [0, 0.1) is 0 Å². The van der Waals surface area contributed by atoms with Crippen LogP contribution < -0.4 is 18.4 Å². The molecule has 0 saturated heterocycles. The Kier molecular flexibility index (Phi) is 12.6. The molecule has 0 aliphatic rings. The standard InChI is InChI=1S/C24H33Cl2NO5S/c1-3-5-7-8-9-10-14-30-19-11-12-22(23(17-19)31-13-6-4-2)32-33(29)27-18-15-20(25)24(28)21(26)16-18/h11-12,15-17,27-28H,3-10,13-14H2,1-2H3. The largest absolute Gasteiger partial charge is 0.505 e. The van der Waals surface area contributed by atoms with E-state index in [4.69, 9.17) is 36.9 Å². The lowest BCUT2D eigenvalue weighted by Gasteiger charge is -2.14. The fraction of sp³-hybridized carbons (Fsp3) is 0.500. The third-order valence-electron chi connectivity index (χ3n) is 4.82. The molecule has 2 rings (SSSR count). The van der Waals surface area contributed by atoms with E-state index >= 15 is 0 Å². The summed E-state index contributed by atoms with van der Waals surface area (Å²) in [5.74, 6) is 1.22. The van der Waals surface area contributed by atoms with E-state index in [1.807, 2.05) is 0 Å². The zero-order valence-corrected chi connectivity index (χ0v) is 21.5. The molecule has 0 heterocycles. The molecule has 2 N–H and O–H groups in total. The Morgan fingerprint density at radius 2 is 1.48 bits per heavy atom. The van der Waals surface area contributed by atoms with E-state index in [0.717, 1.165) is 25.7 Å². The third-order valence-corrected chi connectivity index (χ3v) is 6.13. The highest BCUT2D eigenvalue weighted by atomic mass is 35.5. The van der Waals surface area contributed by atoms with Gasteiger partial charge in [0.2, 0.25) is 0 Å². The average molecular weight is 519 g/mol. The first-order valence-corrected chi connectivity index (χ1v) is 13.2. The molecule has 0 bridgehead atoms. The summed E-state index contributed by atoms with van der Waals surface area (Å²) in [6, 6.07) is 8.01. The lowest BCUT2D eigenvalue weighted by atomic mass is 10.1. The van der Waals surface area contributed by atoms with Gasteiger partial charge in [-0.15, -0.1) is 0 Å². The minimum atomic E-state index is -1.95. The topological polar surface area (TPSA) is 77.0 Å². The number of phenols is 1. The molecule has 2 aromatic carbocycles. The molecule has 1 unspecified atom stereocenters. The first kappa shape index (κ1) is 27.4. The van der Waals surface area contributed by atoms with Gasteiger partial charge in [-0.05, 0) is 37.1 Å². The van der Waals surface area contributed by atoms with E-state index in [-0.39, 0.29) is 15.8 Å². The van der Waals surface area contributed by atoms with Crippen molar-refractivity contribution in [2.75, 3.05) is 17.9 Å². The van der Waals surface area contributed by atoms with Crippen molar-refractivity contribution < 1.29 is 23.0 Å². The summed E-state index contributed by atoms with van der Waals surface area (Å²) >= 11 is 9.87. The summed E-state index contributed by atoms with van der Waals surface area (Å²) in [4.78, 5) is 0. The molecular formula is C24H33Cl2NO5S. The zero-order valence-electron chi connectivity index (χ0n) is 19.2. The van der Waals surface area contributed by atoms with Gasteiger partial charge in [-0.25, -0.2) is 0 Å². The number of hydrogen-bond donors (Lipinski definition) is 2. The first-order chi connectivity index (χ1) is 15.9. The molecule has 0 aliphatic carbocycles. The molecule has 0 aromatic heterocycles. The molecule has 0 spiro atoms. The molecule has 0 aliphatic heterocycles. The van der Waals surface area contributed by atoms with Crippen LogP contribution in [0.25, 0.3) is 0 Å². The van der Waals surface area contributed by atoms with Crippen LogP contribution in [-0.2, 0) is 11.3 Å². The van der Waals surface area contributed by atoms with Crippen LogP contribution in [-0.4, -0.2) is 22.5 Å². The van der Waals surface area contributed by atoms with Crippen molar-refractivity contribution in [3.63, 3.8) is 0 Å². The van der Waals surface area contributed by atoms with Crippen molar-refractivity contribution in [1.29, 1.82) is 0 Å². The predicted molar refractivity (Wildman–Crippen MR) is 136 cm³/mol. The van der Waals surface area contributed by atoms with E-state index in [0.29, 0.717) is 36.1 Å². The van der Waals surface area contributed by atoms with Crippen LogP contribution in [0.4, 0.5) is 5.69 Å². The van der Waals surface area contributed by atoms with Crippen LogP contribution in [0.2, 0.25) is 10.0 Å². The predicted octanol–water partition coefficient (Wildman–Crippen LogP) is 7.69. The minimum absolute atomic E-state index is 0.0393. The Hall–Kier alpha value is -1.83. The highest BCUT2D eigenvalue weighted by Crippen LogP contribution is 2.36. The smallest absolute Gasteiger partial charge is 0.316 e. The van der Waals surface area contributed by atoms with Crippen molar-refractivity contribution in [2.45, 2.75) is 65.2 Å². The van der Waals surface area contributed by atoms with Crippen LogP contribution in [0.15, 0.2) is 30.3 Å². The zero-order chi connectivity index (χ0) is 24.1. The third kappa shape index (κ3) is 9.90. The molecular weight excluding hydrogens is 485 g/mol.